The number of carbonyl (C=O) groups excluding carboxylic acids is 1. The lowest BCUT2D eigenvalue weighted by Gasteiger charge is -2.35. The van der Waals surface area contributed by atoms with E-state index in [0.29, 0.717) is 0 Å². The zero-order chi connectivity index (χ0) is 13.4. The van der Waals surface area contributed by atoms with Crippen molar-refractivity contribution in [2.45, 2.75) is 30.8 Å². The van der Waals surface area contributed by atoms with E-state index in [-0.39, 0.29) is 24.4 Å². The second kappa shape index (κ2) is 5.43. The van der Waals surface area contributed by atoms with Gasteiger partial charge in [0.1, 0.15) is 5.60 Å². The van der Waals surface area contributed by atoms with E-state index in [0.717, 1.165) is 0 Å². The number of benzene rings is 1. The molecular weight excluding hydrogens is 278 g/mol. The fourth-order valence-electron chi connectivity index (χ4n) is 2.52. The molecule has 2 atom stereocenters. The molecule has 1 saturated carbocycles. The highest BCUT2D eigenvalue weighted by Gasteiger charge is 2.50. The average Bonchev–Trinajstić information content (AvgIpc) is 2.70. The average molecular weight is 292 g/mol. The first kappa shape index (κ1) is 15.9. The van der Waals surface area contributed by atoms with Gasteiger partial charge in [-0.15, -0.1) is 12.4 Å². The van der Waals surface area contributed by atoms with Crippen LogP contribution >= 0.6 is 12.4 Å². The summed E-state index contributed by atoms with van der Waals surface area (Å²) >= 11 is 0. The third kappa shape index (κ3) is 2.87. The minimum atomic E-state index is -2.91. The van der Waals surface area contributed by atoms with Crippen molar-refractivity contribution in [1.82, 2.24) is 0 Å². The Morgan fingerprint density at radius 2 is 1.95 bits per heavy atom. The summed E-state index contributed by atoms with van der Waals surface area (Å²) in [6.07, 6.45) is -1.07. The Labute approximate surface area is 115 Å². The zero-order valence-electron chi connectivity index (χ0n) is 10.0. The fraction of sp³-hybridized carbons (Fsp3) is 0.462. The Kier molecular flexibility index (Phi) is 4.53. The van der Waals surface area contributed by atoms with E-state index in [1.807, 2.05) is 0 Å². The van der Waals surface area contributed by atoms with E-state index in [1.54, 1.807) is 18.2 Å². The van der Waals surface area contributed by atoms with Gasteiger partial charge in [-0.3, -0.25) is 0 Å². The molecule has 1 aromatic rings. The minimum absolute atomic E-state index is 0. The molecule has 0 heterocycles. The highest BCUT2D eigenvalue weighted by Crippen LogP contribution is 2.47. The van der Waals surface area contributed by atoms with E-state index in [4.69, 9.17) is 0 Å². The zero-order valence-corrected chi connectivity index (χ0v) is 10.8. The first-order valence-electron chi connectivity index (χ1n) is 5.73. The van der Waals surface area contributed by atoms with Crippen molar-refractivity contribution >= 4 is 18.4 Å². The molecule has 0 unspecified atom stereocenters. The van der Waals surface area contributed by atoms with E-state index in [1.165, 1.54) is 12.1 Å². The molecule has 1 aromatic carbocycles. The molecular formula is C13H14ClF2O3-. The number of carboxylic acids is 1. The van der Waals surface area contributed by atoms with E-state index in [9.17, 15) is 23.8 Å². The third-order valence-corrected chi connectivity index (χ3v) is 3.52. The predicted molar refractivity (Wildman–Crippen MR) is 64.9 cm³/mol. The number of hydrogen-bond acceptors (Lipinski definition) is 3. The highest BCUT2D eigenvalue weighted by molar-refractivity contribution is 5.85. The Morgan fingerprint density at radius 1 is 1.37 bits per heavy atom. The van der Waals surface area contributed by atoms with Crippen molar-refractivity contribution in [3.8, 4) is 0 Å². The number of carboxylic acid groups (broad SMARTS) is 1. The molecule has 0 aromatic heterocycles. The maximum absolute atomic E-state index is 13.2. The molecule has 3 nitrogen and oxygen atoms in total. The number of hydrogen-bond donors (Lipinski definition) is 1. The molecule has 0 saturated heterocycles. The van der Waals surface area contributed by atoms with Crippen LogP contribution in [0.15, 0.2) is 30.3 Å². The standard InChI is InChI=1S/C13H14F2O3.ClH/c14-12(15)7-6-10(8-12)13(18,11(16)17)9-4-2-1-3-5-9;/h1-5,10,18H,6-8H2,(H,16,17);1H/p-1/t10-,13+;/m1./s1. The molecule has 2 rings (SSSR count). The Hall–Kier alpha value is -1.20. The molecule has 6 heteroatoms. The van der Waals surface area contributed by atoms with Gasteiger partial charge >= 0.3 is 0 Å². The van der Waals surface area contributed by atoms with Crippen LogP contribution in [0.5, 0.6) is 0 Å². The summed E-state index contributed by atoms with van der Waals surface area (Å²) in [5.74, 6) is -5.67. The Morgan fingerprint density at radius 3 is 2.37 bits per heavy atom. The Balaban J connectivity index is 0.00000180. The Bertz CT molecular complexity index is 452. The summed E-state index contributed by atoms with van der Waals surface area (Å²) in [7, 11) is 0. The second-order valence-electron chi connectivity index (χ2n) is 4.72. The van der Waals surface area contributed by atoms with Crippen LogP contribution in [-0.4, -0.2) is 17.0 Å². The van der Waals surface area contributed by atoms with Crippen molar-refractivity contribution in [3.63, 3.8) is 0 Å². The first-order valence-corrected chi connectivity index (χ1v) is 5.73. The lowest BCUT2D eigenvalue weighted by Crippen LogP contribution is -2.50. The van der Waals surface area contributed by atoms with Crippen molar-refractivity contribution in [2.24, 2.45) is 5.92 Å². The van der Waals surface area contributed by atoms with Gasteiger partial charge in [-0.05, 0) is 12.0 Å². The van der Waals surface area contributed by atoms with Crippen molar-refractivity contribution in [3.05, 3.63) is 35.9 Å². The lowest BCUT2D eigenvalue weighted by atomic mass is 9.80. The molecule has 0 radical (unpaired) electrons. The number of carbonyl (C=O) groups is 1. The van der Waals surface area contributed by atoms with Gasteiger partial charge in [0.2, 0.25) is 5.92 Å². The van der Waals surface area contributed by atoms with Gasteiger partial charge in [-0.25, -0.2) is 8.78 Å². The molecule has 1 aliphatic carbocycles. The van der Waals surface area contributed by atoms with Gasteiger partial charge in [0.25, 0.3) is 0 Å². The van der Waals surface area contributed by atoms with Gasteiger partial charge < -0.3 is 15.0 Å². The number of halogens is 3. The lowest BCUT2D eigenvalue weighted by molar-refractivity contribution is -0.330. The topological polar surface area (TPSA) is 60.4 Å². The summed E-state index contributed by atoms with van der Waals surface area (Å²) < 4.78 is 26.4. The summed E-state index contributed by atoms with van der Waals surface area (Å²) in [6.45, 7) is 0. The minimum Gasteiger partial charge on any atom is -0.547 e. The SMILES string of the molecule is Cl.O=C([O-])[C@](O)(c1ccccc1)[C@@H]1CCC(F)(F)C1. The highest BCUT2D eigenvalue weighted by atomic mass is 35.5. The number of aliphatic hydroxyl groups is 1. The summed E-state index contributed by atoms with van der Waals surface area (Å²) in [5, 5.41) is 21.5. The second-order valence-corrected chi connectivity index (χ2v) is 4.72. The first-order chi connectivity index (χ1) is 8.36. The number of alkyl halides is 2. The van der Waals surface area contributed by atoms with Crippen molar-refractivity contribution in [2.75, 3.05) is 0 Å². The van der Waals surface area contributed by atoms with Crippen LogP contribution in [0.4, 0.5) is 8.78 Å². The van der Waals surface area contributed by atoms with E-state index >= 15 is 0 Å². The normalized spacial score (nSPS) is 24.3. The monoisotopic (exact) mass is 291 g/mol. The van der Waals surface area contributed by atoms with Gasteiger partial charge in [-0.1, -0.05) is 30.3 Å². The van der Waals surface area contributed by atoms with Gasteiger partial charge in [0.05, 0.1) is 5.97 Å². The molecule has 0 amide bonds. The smallest absolute Gasteiger partial charge is 0.248 e. The molecule has 0 aliphatic heterocycles. The maximum atomic E-state index is 13.2. The molecule has 0 spiro atoms. The maximum Gasteiger partial charge on any atom is 0.248 e. The van der Waals surface area contributed by atoms with Crippen molar-refractivity contribution < 1.29 is 23.8 Å². The van der Waals surface area contributed by atoms with Crippen LogP contribution in [0.2, 0.25) is 0 Å². The summed E-state index contributed by atoms with van der Waals surface area (Å²) in [5.41, 5.74) is -2.26. The van der Waals surface area contributed by atoms with E-state index < -0.39 is 36.3 Å². The quantitative estimate of drug-likeness (QED) is 0.918. The van der Waals surface area contributed by atoms with Gasteiger partial charge in [-0.2, -0.15) is 0 Å². The third-order valence-electron chi connectivity index (χ3n) is 3.52. The summed E-state index contributed by atoms with van der Waals surface area (Å²) in [6, 6.07) is 7.58. The predicted octanol–water partition coefficient (Wildman–Crippen LogP) is 1.48. The molecule has 1 fully saturated rings. The number of rotatable bonds is 3. The van der Waals surface area contributed by atoms with Crippen LogP contribution in [0.25, 0.3) is 0 Å². The molecule has 0 bridgehead atoms. The van der Waals surface area contributed by atoms with Crippen LogP contribution in [0.1, 0.15) is 24.8 Å². The van der Waals surface area contributed by atoms with E-state index in [2.05, 4.69) is 0 Å². The van der Waals surface area contributed by atoms with Crippen LogP contribution in [0.3, 0.4) is 0 Å². The van der Waals surface area contributed by atoms with Gasteiger partial charge in [0, 0.05) is 18.8 Å². The largest absolute Gasteiger partial charge is 0.547 e. The molecule has 1 aliphatic rings. The van der Waals surface area contributed by atoms with Crippen LogP contribution in [0, 0.1) is 5.92 Å². The van der Waals surface area contributed by atoms with Crippen molar-refractivity contribution in [1.29, 1.82) is 0 Å². The molecule has 19 heavy (non-hydrogen) atoms. The van der Waals surface area contributed by atoms with Gasteiger partial charge in [0.15, 0.2) is 0 Å². The van der Waals surface area contributed by atoms with Crippen LogP contribution < -0.4 is 5.11 Å². The fourth-order valence-corrected chi connectivity index (χ4v) is 2.52. The van der Waals surface area contributed by atoms with Crippen LogP contribution in [-0.2, 0) is 10.4 Å². The number of aliphatic carboxylic acids is 1. The molecule has 1 N–H and O–H groups in total. The molecule has 106 valence electrons. The summed E-state index contributed by atoms with van der Waals surface area (Å²) in [4.78, 5) is 11.2.